The van der Waals surface area contributed by atoms with Gasteiger partial charge in [-0.05, 0) is 24.1 Å². The van der Waals surface area contributed by atoms with Gasteiger partial charge in [0.2, 0.25) is 15.9 Å². The van der Waals surface area contributed by atoms with E-state index in [2.05, 4.69) is 0 Å². The smallest absolute Gasteiger partial charge is 0.222 e. The summed E-state index contributed by atoms with van der Waals surface area (Å²) in [6, 6.07) is 6.10. The highest BCUT2D eigenvalue weighted by atomic mass is 32.2. The zero-order valence-electron chi connectivity index (χ0n) is 13.8. The molecule has 2 rings (SSSR count). The van der Waals surface area contributed by atoms with E-state index in [0.29, 0.717) is 39.0 Å². The number of methoxy groups -OCH3 is 1. The monoisotopic (exact) mass is 358 g/mol. The molecule has 0 spiro atoms. The molecule has 0 bridgehead atoms. The Morgan fingerprint density at radius 1 is 1.17 bits per heavy atom. The lowest BCUT2D eigenvalue weighted by atomic mass is 10.1. The average Bonchev–Trinajstić information content (AvgIpc) is 2.59. The fraction of sp³-hybridized carbons (Fsp3) is 0.562. The van der Waals surface area contributed by atoms with Crippen molar-refractivity contribution in [3.05, 3.63) is 35.6 Å². The van der Waals surface area contributed by atoms with Crippen molar-refractivity contribution < 1.29 is 22.3 Å². The molecule has 0 aliphatic carbocycles. The number of halogens is 1. The Labute approximate surface area is 142 Å². The predicted molar refractivity (Wildman–Crippen MR) is 88.5 cm³/mol. The molecule has 8 heteroatoms. The lowest BCUT2D eigenvalue weighted by molar-refractivity contribution is -0.132. The Morgan fingerprint density at radius 3 is 2.38 bits per heavy atom. The Balaban J connectivity index is 1.79. The number of hydrogen-bond acceptors (Lipinski definition) is 4. The van der Waals surface area contributed by atoms with Gasteiger partial charge < -0.3 is 9.64 Å². The first-order valence-corrected chi connectivity index (χ1v) is 9.52. The second-order valence-electron chi connectivity index (χ2n) is 5.72. The maximum Gasteiger partial charge on any atom is 0.222 e. The van der Waals surface area contributed by atoms with Crippen LogP contribution < -0.4 is 0 Å². The second kappa shape index (κ2) is 8.55. The first-order chi connectivity index (χ1) is 11.4. The summed E-state index contributed by atoms with van der Waals surface area (Å²) < 4.78 is 43.2. The molecule has 0 aromatic heterocycles. The van der Waals surface area contributed by atoms with Crippen molar-refractivity contribution in [3.63, 3.8) is 0 Å². The van der Waals surface area contributed by atoms with E-state index in [9.17, 15) is 17.6 Å². The van der Waals surface area contributed by atoms with Crippen LogP contribution >= 0.6 is 0 Å². The summed E-state index contributed by atoms with van der Waals surface area (Å²) in [4.78, 5) is 13.9. The first-order valence-electron chi connectivity index (χ1n) is 7.91. The summed E-state index contributed by atoms with van der Waals surface area (Å²) in [7, 11) is -1.85. The van der Waals surface area contributed by atoms with Gasteiger partial charge in [-0.3, -0.25) is 4.79 Å². The number of nitrogens with zero attached hydrogens (tertiary/aromatic N) is 2. The van der Waals surface area contributed by atoms with Gasteiger partial charge in [-0.15, -0.1) is 0 Å². The molecule has 0 atom stereocenters. The van der Waals surface area contributed by atoms with Crippen LogP contribution in [0.1, 0.15) is 12.0 Å². The van der Waals surface area contributed by atoms with Gasteiger partial charge in [0, 0.05) is 39.7 Å². The maximum absolute atomic E-state index is 12.9. The van der Waals surface area contributed by atoms with Gasteiger partial charge in [0.1, 0.15) is 5.82 Å². The number of amides is 1. The van der Waals surface area contributed by atoms with Crippen LogP contribution in [-0.2, 0) is 26.0 Å². The van der Waals surface area contributed by atoms with Gasteiger partial charge in [0.25, 0.3) is 0 Å². The molecule has 1 amide bonds. The zero-order valence-corrected chi connectivity index (χ0v) is 14.6. The number of piperazine rings is 1. The van der Waals surface area contributed by atoms with Gasteiger partial charge in [-0.2, -0.15) is 4.31 Å². The normalized spacial score (nSPS) is 16.3. The largest absolute Gasteiger partial charge is 0.384 e. The number of rotatable bonds is 7. The molecule has 24 heavy (non-hydrogen) atoms. The molecular weight excluding hydrogens is 335 g/mol. The topological polar surface area (TPSA) is 66.9 Å². The lowest BCUT2D eigenvalue weighted by Crippen LogP contribution is -2.51. The summed E-state index contributed by atoms with van der Waals surface area (Å²) in [6.45, 7) is 1.59. The second-order valence-corrected chi connectivity index (χ2v) is 7.80. The third-order valence-electron chi connectivity index (χ3n) is 4.07. The fourth-order valence-electron chi connectivity index (χ4n) is 2.59. The van der Waals surface area contributed by atoms with Crippen LogP contribution in [0.5, 0.6) is 0 Å². The molecule has 1 aromatic carbocycles. The van der Waals surface area contributed by atoms with E-state index in [-0.39, 0.29) is 24.1 Å². The number of ether oxygens (including phenoxy) is 1. The number of benzene rings is 1. The Bertz CT molecular complexity index is 641. The van der Waals surface area contributed by atoms with Gasteiger partial charge >= 0.3 is 0 Å². The van der Waals surface area contributed by atoms with Crippen molar-refractivity contribution >= 4 is 15.9 Å². The highest BCUT2D eigenvalue weighted by Crippen LogP contribution is 2.11. The maximum atomic E-state index is 12.9. The van der Waals surface area contributed by atoms with E-state index in [4.69, 9.17) is 4.74 Å². The zero-order chi connectivity index (χ0) is 17.6. The summed E-state index contributed by atoms with van der Waals surface area (Å²) in [5, 5.41) is 0. The molecule has 1 saturated heterocycles. The highest BCUT2D eigenvalue weighted by Gasteiger charge is 2.28. The van der Waals surface area contributed by atoms with Crippen molar-refractivity contribution in [1.29, 1.82) is 0 Å². The Hall–Kier alpha value is -1.51. The standard InChI is InChI=1S/C16H23FN2O4S/c1-23-12-13-24(21,22)19-10-8-18(9-11-19)16(20)7-4-14-2-5-15(17)6-3-14/h2-3,5-6H,4,7-13H2,1H3. The number of hydrogen-bond donors (Lipinski definition) is 0. The minimum absolute atomic E-state index is 0.00624. The number of sulfonamides is 1. The van der Waals surface area contributed by atoms with Crippen LogP contribution in [0.2, 0.25) is 0 Å². The van der Waals surface area contributed by atoms with Crippen molar-refractivity contribution in [2.75, 3.05) is 45.6 Å². The minimum atomic E-state index is -3.32. The van der Waals surface area contributed by atoms with Crippen molar-refractivity contribution in [3.8, 4) is 0 Å². The van der Waals surface area contributed by atoms with Crippen LogP contribution in [0.4, 0.5) is 4.39 Å². The summed E-state index contributed by atoms with van der Waals surface area (Å²) in [5.41, 5.74) is 0.908. The molecule has 1 aliphatic heterocycles. The van der Waals surface area contributed by atoms with Crippen LogP contribution in [-0.4, -0.2) is 69.2 Å². The van der Waals surface area contributed by atoms with Gasteiger partial charge in [-0.25, -0.2) is 12.8 Å². The van der Waals surface area contributed by atoms with E-state index in [1.807, 2.05) is 0 Å². The molecule has 0 saturated carbocycles. The van der Waals surface area contributed by atoms with Crippen molar-refractivity contribution in [2.45, 2.75) is 12.8 Å². The molecule has 1 aromatic rings. The third-order valence-corrected chi connectivity index (χ3v) is 5.91. The quantitative estimate of drug-likeness (QED) is 0.726. The molecule has 134 valence electrons. The molecule has 0 radical (unpaired) electrons. The predicted octanol–water partition coefficient (Wildman–Crippen LogP) is 0.879. The number of carbonyl (C=O) groups excluding carboxylic acids is 1. The molecule has 1 fully saturated rings. The SMILES string of the molecule is COCCS(=O)(=O)N1CCN(C(=O)CCc2ccc(F)cc2)CC1. The van der Waals surface area contributed by atoms with Crippen molar-refractivity contribution in [2.24, 2.45) is 0 Å². The fourth-order valence-corrected chi connectivity index (χ4v) is 3.95. The lowest BCUT2D eigenvalue weighted by Gasteiger charge is -2.34. The highest BCUT2D eigenvalue weighted by molar-refractivity contribution is 7.89. The summed E-state index contributed by atoms with van der Waals surface area (Å²) in [6.07, 6.45) is 0.882. The van der Waals surface area contributed by atoms with Gasteiger partial charge in [-0.1, -0.05) is 12.1 Å². The van der Waals surface area contributed by atoms with E-state index in [1.54, 1.807) is 17.0 Å². The first kappa shape index (κ1) is 18.8. The Kier molecular flexibility index (Phi) is 6.70. The number of aryl methyl sites for hydroxylation is 1. The van der Waals surface area contributed by atoms with E-state index in [1.165, 1.54) is 23.5 Å². The van der Waals surface area contributed by atoms with E-state index < -0.39 is 10.0 Å². The molecule has 6 nitrogen and oxygen atoms in total. The van der Waals surface area contributed by atoms with Crippen LogP contribution in [0.25, 0.3) is 0 Å². The molecular formula is C16H23FN2O4S. The third kappa shape index (κ3) is 5.25. The van der Waals surface area contributed by atoms with Gasteiger partial charge in [0.05, 0.1) is 12.4 Å². The van der Waals surface area contributed by atoms with Crippen molar-refractivity contribution in [1.82, 2.24) is 9.21 Å². The summed E-state index contributed by atoms with van der Waals surface area (Å²) >= 11 is 0. The summed E-state index contributed by atoms with van der Waals surface area (Å²) in [5.74, 6) is -0.341. The molecule has 0 N–H and O–H groups in total. The van der Waals surface area contributed by atoms with Crippen LogP contribution in [0.15, 0.2) is 24.3 Å². The molecule has 1 aliphatic rings. The number of carbonyl (C=O) groups is 1. The Morgan fingerprint density at radius 2 is 1.79 bits per heavy atom. The van der Waals surface area contributed by atoms with E-state index >= 15 is 0 Å². The average molecular weight is 358 g/mol. The molecule has 0 unspecified atom stereocenters. The molecule has 1 heterocycles. The van der Waals surface area contributed by atoms with Gasteiger partial charge in [0.15, 0.2) is 0 Å². The minimum Gasteiger partial charge on any atom is -0.384 e. The van der Waals surface area contributed by atoms with Crippen LogP contribution in [0, 0.1) is 5.82 Å². The van der Waals surface area contributed by atoms with Crippen LogP contribution in [0.3, 0.4) is 0 Å². The van der Waals surface area contributed by atoms with E-state index in [0.717, 1.165) is 5.56 Å².